The van der Waals surface area contributed by atoms with Crippen LogP contribution in [0, 0.1) is 0 Å². The van der Waals surface area contributed by atoms with Gasteiger partial charge < -0.3 is 14.8 Å². The van der Waals surface area contributed by atoms with Crippen LogP contribution in [-0.4, -0.2) is 46.5 Å². The summed E-state index contributed by atoms with van der Waals surface area (Å²) in [6.07, 6.45) is 3.64. The number of amides is 1. The molecule has 5 heteroatoms. The summed E-state index contributed by atoms with van der Waals surface area (Å²) in [6, 6.07) is 9.74. The summed E-state index contributed by atoms with van der Waals surface area (Å²) in [5, 5.41) is 3.27. The molecule has 0 spiro atoms. The van der Waals surface area contributed by atoms with E-state index >= 15 is 0 Å². The average molecular weight is 284 g/mol. The summed E-state index contributed by atoms with van der Waals surface area (Å²) in [5.41, 5.74) is 1.03. The topological polar surface area (TPSA) is 50.2 Å². The van der Waals surface area contributed by atoms with Crippen LogP contribution >= 0.6 is 0 Å². The van der Waals surface area contributed by atoms with Crippen LogP contribution in [0.15, 0.2) is 42.7 Å². The molecule has 0 saturated carbocycles. The first kappa shape index (κ1) is 13.8. The SMILES string of the molecule is CC(C(=O)N1CCNCC1)n1ccnc1-c1ccccc1. The number of nitrogens with one attached hydrogen (secondary N) is 1. The van der Waals surface area contributed by atoms with Crippen LogP contribution in [0.1, 0.15) is 13.0 Å². The second-order valence-electron chi connectivity index (χ2n) is 5.28. The first-order chi connectivity index (χ1) is 10.3. The Kier molecular flexibility index (Phi) is 4.01. The molecule has 1 aliphatic heterocycles. The molecule has 1 saturated heterocycles. The van der Waals surface area contributed by atoms with Gasteiger partial charge in [0.2, 0.25) is 5.91 Å². The molecular weight excluding hydrogens is 264 g/mol. The Morgan fingerprint density at radius 2 is 1.95 bits per heavy atom. The molecule has 1 aromatic heterocycles. The van der Waals surface area contributed by atoms with Crippen LogP contribution in [0.3, 0.4) is 0 Å². The Morgan fingerprint density at radius 1 is 1.24 bits per heavy atom. The van der Waals surface area contributed by atoms with Crippen LogP contribution in [0.5, 0.6) is 0 Å². The normalized spacial score (nSPS) is 16.7. The Bertz CT molecular complexity index is 602. The number of carbonyl (C=O) groups excluding carboxylic acids is 1. The van der Waals surface area contributed by atoms with Gasteiger partial charge in [0.1, 0.15) is 11.9 Å². The molecule has 5 nitrogen and oxygen atoms in total. The van der Waals surface area contributed by atoms with Gasteiger partial charge in [-0.3, -0.25) is 4.79 Å². The van der Waals surface area contributed by atoms with E-state index in [4.69, 9.17) is 0 Å². The van der Waals surface area contributed by atoms with Crippen molar-refractivity contribution in [2.45, 2.75) is 13.0 Å². The van der Waals surface area contributed by atoms with Gasteiger partial charge in [0.15, 0.2) is 0 Å². The van der Waals surface area contributed by atoms with Crippen molar-refractivity contribution in [2.24, 2.45) is 0 Å². The Morgan fingerprint density at radius 3 is 2.67 bits per heavy atom. The maximum Gasteiger partial charge on any atom is 0.245 e. The van der Waals surface area contributed by atoms with Gasteiger partial charge in [-0.15, -0.1) is 0 Å². The van der Waals surface area contributed by atoms with E-state index in [9.17, 15) is 4.79 Å². The zero-order valence-corrected chi connectivity index (χ0v) is 12.2. The highest BCUT2D eigenvalue weighted by molar-refractivity contribution is 5.81. The molecule has 1 unspecified atom stereocenters. The van der Waals surface area contributed by atoms with Crippen molar-refractivity contribution in [3.63, 3.8) is 0 Å². The average Bonchev–Trinajstić information content (AvgIpc) is 3.04. The highest BCUT2D eigenvalue weighted by atomic mass is 16.2. The molecular formula is C16H20N4O. The molecule has 1 aliphatic rings. The van der Waals surface area contributed by atoms with Crippen molar-refractivity contribution in [3.8, 4) is 11.4 Å². The predicted molar refractivity (Wildman–Crippen MR) is 81.8 cm³/mol. The number of carbonyl (C=O) groups is 1. The maximum absolute atomic E-state index is 12.6. The number of imidazole rings is 1. The third-order valence-electron chi connectivity index (χ3n) is 3.90. The van der Waals surface area contributed by atoms with Crippen molar-refractivity contribution in [3.05, 3.63) is 42.7 Å². The molecule has 1 N–H and O–H groups in total. The quantitative estimate of drug-likeness (QED) is 0.930. The van der Waals surface area contributed by atoms with Crippen molar-refractivity contribution in [1.29, 1.82) is 0 Å². The van der Waals surface area contributed by atoms with Gasteiger partial charge in [-0.25, -0.2) is 4.98 Å². The summed E-state index contributed by atoms with van der Waals surface area (Å²) in [7, 11) is 0. The van der Waals surface area contributed by atoms with E-state index in [1.54, 1.807) is 6.20 Å². The number of benzene rings is 1. The van der Waals surface area contributed by atoms with Crippen LogP contribution in [0.25, 0.3) is 11.4 Å². The standard InChI is InChI=1S/C16H20N4O/c1-13(16(21)19-10-7-17-8-11-19)20-12-9-18-15(20)14-5-3-2-4-6-14/h2-6,9,12-13,17H,7-8,10-11H2,1H3. The van der Waals surface area contributed by atoms with E-state index in [1.165, 1.54) is 0 Å². The highest BCUT2D eigenvalue weighted by Gasteiger charge is 2.24. The summed E-state index contributed by atoms with van der Waals surface area (Å²) in [6.45, 7) is 5.23. The van der Waals surface area contributed by atoms with E-state index in [1.807, 2.05) is 52.9 Å². The van der Waals surface area contributed by atoms with Crippen LogP contribution in [0.4, 0.5) is 0 Å². The third kappa shape index (κ3) is 2.83. The van der Waals surface area contributed by atoms with Gasteiger partial charge in [-0.05, 0) is 6.92 Å². The fourth-order valence-electron chi connectivity index (χ4n) is 2.70. The molecule has 1 fully saturated rings. The number of rotatable bonds is 3. The fraction of sp³-hybridized carbons (Fsp3) is 0.375. The Hall–Kier alpha value is -2.14. The predicted octanol–water partition coefficient (Wildman–Crippen LogP) is 1.54. The molecule has 1 atom stereocenters. The van der Waals surface area contributed by atoms with E-state index in [0.29, 0.717) is 0 Å². The lowest BCUT2D eigenvalue weighted by Crippen LogP contribution is -2.48. The van der Waals surface area contributed by atoms with Gasteiger partial charge >= 0.3 is 0 Å². The van der Waals surface area contributed by atoms with Crippen molar-refractivity contribution < 1.29 is 4.79 Å². The maximum atomic E-state index is 12.6. The number of hydrogen-bond acceptors (Lipinski definition) is 3. The lowest BCUT2D eigenvalue weighted by Gasteiger charge is -2.30. The van der Waals surface area contributed by atoms with Crippen LogP contribution in [-0.2, 0) is 4.79 Å². The monoisotopic (exact) mass is 284 g/mol. The molecule has 3 rings (SSSR count). The molecule has 1 aromatic carbocycles. The van der Waals surface area contributed by atoms with Gasteiger partial charge in [-0.1, -0.05) is 30.3 Å². The van der Waals surface area contributed by atoms with Crippen LogP contribution in [0.2, 0.25) is 0 Å². The molecule has 2 heterocycles. The minimum Gasteiger partial charge on any atom is -0.338 e. The summed E-state index contributed by atoms with van der Waals surface area (Å²) in [5.74, 6) is 0.998. The molecule has 0 aliphatic carbocycles. The smallest absolute Gasteiger partial charge is 0.245 e. The van der Waals surface area contributed by atoms with Gasteiger partial charge in [-0.2, -0.15) is 0 Å². The fourth-order valence-corrected chi connectivity index (χ4v) is 2.70. The summed E-state index contributed by atoms with van der Waals surface area (Å²) in [4.78, 5) is 19.0. The zero-order chi connectivity index (χ0) is 14.7. The minimum atomic E-state index is -0.235. The van der Waals surface area contributed by atoms with Gasteiger partial charge in [0.25, 0.3) is 0 Å². The van der Waals surface area contributed by atoms with Gasteiger partial charge in [0.05, 0.1) is 0 Å². The van der Waals surface area contributed by atoms with Crippen molar-refractivity contribution in [2.75, 3.05) is 26.2 Å². The van der Waals surface area contributed by atoms with Gasteiger partial charge in [0, 0.05) is 44.1 Å². The van der Waals surface area contributed by atoms with E-state index in [-0.39, 0.29) is 11.9 Å². The number of hydrogen-bond donors (Lipinski definition) is 1. The second-order valence-corrected chi connectivity index (χ2v) is 5.28. The molecule has 0 bridgehead atoms. The largest absolute Gasteiger partial charge is 0.338 e. The minimum absolute atomic E-state index is 0.159. The highest BCUT2D eigenvalue weighted by Crippen LogP contribution is 2.22. The number of piperazine rings is 1. The lowest BCUT2D eigenvalue weighted by molar-refractivity contribution is -0.134. The zero-order valence-electron chi connectivity index (χ0n) is 12.2. The number of nitrogens with zero attached hydrogens (tertiary/aromatic N) is 3. The lowest BCUT2D eigenvalue weighted by atomic mass is 10.2. The number of aromatic nitrogens is 2. The Balaban J connectivity index is 1.84. The molecule has 2 aromatic rings. The Labute approximate surface area is 124 Å². The van der Waals surface area contributed by atoms with E-state index in [2.05, 4.69) is 10.3 Å². The second kappa shape index (κ2) is 6.10. The van der Waals surface area contributed by atoms with Crippen molar-refractivity contribution >= 4 is 5.91 Å². The van der Waals surface area contributed by atoms with E-state index < -0.39 is 0 Å². The molecule has 21 heavy (non-hydrogen) atoms. The first-order valence-electron chi connectivity index (χ1n) is 7.35. The van der Waals surface area contributed by atoms with E-state index in [0.717, 1.165) is 37.6 Å². The molecule has 110 valence electrons. The third-order valence-corrected chi connectivity index (χ3v) is 3.90. The van der Waals surface area contributed by atoms with Crippen LogP contribution < -0.4 is 5.32 Å². The first-order valence-corrected chi connectivity index (χ1v) is 7.35. The summed E-state index contributed by atoms with van der Waals surface area (Å²) >= 11 is 0. The molecule has 0 radical (unpaired) electrons. The molecule has 1 amide bonds. The van der Waals surface area contributed by atoms with Crippen molar-refractivity contribution in [1.82, 2.24) is 19.8 Å². The summed E-state index contributed by atoms with van der Waals surface area (Å²) < 4.78 is 1.96.